The van der Waals surface area contributed by atoms with Crippen LogP contribution in [0.25, 0.3) is 0 Å². The van der Waals surface area contributed by atoms with Crippen LogP contribution < -0.4 is 0 Å². The lowest BCUT2D eigenvalue weighted by atomic mass is 9.84. The first-order chi connectivity index (χ1) is 13.0. The second-order valence-electron chi connectivity index (χ2n) is 7.30. The summed E-state index contributed by atoms with van der Waals surface area (Å²) in [4.78, 5) is 26.8. The number of aryl methyl sites for hydroxylation is 1. The second-order valence-corrected chi connectivity index (χ2v) is 7.30. The maximum absolute atomic E-state index is 12.3. The van der Waals surface area contributed by atoms with Crippen LogP contribution in [0.3, 0.4) is 0 Å². The normalized spacial score (nSPS) is 19.8. The predicted molar refractivity (Wildman–Crippen MR) is 106 cm³/mol. The average molecular weight is 365 g/mol. The first kappa shape index (κ1) is 19.3. The van der Waals surface area contributed by atoms with Gasteiger partial charge in [0, 0.05) is 31.5 Å². The van der Waals surface area contributed by atoms with Crippen molar-refractivity contribution in [3.05, 3.63) is 70.8 Å². The van der Waals surface area contributed by atoms with Gasteiger partial charge in [-0.2, -0.15) is 0 Å². The molecule has 0 spiro atoms. The van der Waals surface area contributed by atoms with Crippen molar-refractivity contribution in [3.63, 3.8) is 0 Å². The maximum atomic E-state index is 12.3. The fourth-order valence-electron chi connectivity index (χ4n) is 3.96. The van der Waals surface area contributed by atoms with Crippen LogP contribution in [0.4, 0.5) is 0 Å². The molecule has 0 saturated carbocycles. The number of hydrogen-bond acceptors (Lipinski definition) is 4. The Hall–Kier alpha value is -2.46. The van der Waals surface area contributed by atoms with Crippen LogP contribution in [-0.2, 0) is 16.1 Å². The number of carbonyl (C=O) groups excluding carboxylic acids is 2. The van der Waals surface area contributed by atoms with Crippen LogP contribution in [0.15, 0.2) is 48.5 Å². The zero-order valence-electron chi connectivity index (χ0n) is 16.3. The van der Waals surface area contributed by atoms with Crippen molar-refractivity contribution in [1.82, 2.24) is 4.90 Å². The summed E-state index contributed by atoms with van der Waals surface area (Å²) in [5.74, 6) is -0.0563. The van der Waals surface area contributed by atoms with Gasteiger partial charge in [-0.05, 0) is 49.6 Å². The number of Topliss-reactive ketones (excluding diaryl/α,β-unsaturated/α-hetero) is 1. The molecule has 1 saturated heterocycles. The van der Waals surface area contributed by atoms with Crippen molar-refractivity contribution in [2.45, 2.75) is 33.2 Å². The van der Waals surface area contributed by atoms with Crippen LogP contribution in [0.2, 0.25) is 0 Å². The summed E-state index contributed by atoms with van der Waals surface area (Å²) in [6.45, 7) is 8.26. The fraction of sp³-hybridized carbons (Fsp3) is 0.391. The Balaban J connectivity index is 1.86. The van der Waals surface area contributed by atoms with Gasteiger partial charge in [0.05, 0.1) is 12.2 Å². The van der Waals surface area contributed by atoms with Crippen molar-refractivity contribution in [2.24, 2.45) is 5.92 Å². The standard InChI is InChI=1S/C23H27NO3/c1-4-27-23(26)19-11-10-16(2)20(12-19)22-15-24(14-21(22)17(3)25)13-18-8-6-5-7-9-18/h5-12,21-22H,4,13-15H2,1-3H3. The molecule has 1 aliphatic heterocycles. The number of hydrogen-bond donors (Lipinski definition) is 0. The van der Waals surface area contributed by atoms with Crippen LogP contribution in [-0.4, -0.2) is 36.3 Å². The largest absolute Gasteiger partial charge is 0.462 e. The highest BCUT2D eigenvalue weighted by molar-refractivity contribution is 5.90. The highest BCUT2D eigenvalue weighted by Crippen LogP contribution is 2.36. The van der Waals surface area contributed by atoms with Gasteiger partial charge >= 0.3 is 5.97 Å². The lowest BCUT2D eigenvalue weighted by Gasteiger charge is -2.19. The third-order valence-electron chi connectivity index (χ3n) is 5.36. The molecule has 4 heteroatoms. The van der Waals surface area contributed by atoms with E-state index in [9.17, 15) is 9.59 Å². The number of carbonyl (C=O) groups is 2. The van der Waals surface area contributed by atoms with Crippen molar-refractivity contribution < 1.29 is 14.3 Å². The molecule has 0 amide bonds. The van der Waals surface area contributed by atoms with Crippen molar-refractivity contribution in [2.75, 3.05) is 19.7 Å². The van der Waals surface area contributed by atoms with E-state index in [1.807, 2.05) is 37.3 Å². The van der Waals surface area contributed by atoms with Gasteiger partial charge in [0.2, 0.25) is 0 Å². The molecule has 0 N–H and O–H groups in total. The van der Waals surface area contributed by atoms with Gasteiger partial charge in [-0.1, -0.05) is 36.4 Å². The summed E-state index contributed by atoms with van der Waals surface area (Å²) in [6.07, 6.45) is 0. The third kappa shape index (κ3) is 4.45. The quantitative estimate of drug-likeness (QED) is 0.727. The lowest BCUT2D eigenvalue weighted by Crippen LogP contribution is -2.22. The van der Waals surface area contributed by atoms with E-state index >= 15 is 0 Å². The molecule has 2 unspecified atom stereocenters. The maximum Gasteiger partial charge on any atom is 0.338 e. The number of nitrogens with zero attached hydrogens (tertiary/aromatic N) is 1. The molecule has 0 aromatic heterocycles. The van der Waals surface area contributed by atoms with Gasteiger partial charge in [0.15, 0.2) is 0 Å². The lowest BCUT2D eigenvalue weighted by molar-refractivity contribution is -0.120. The minimum atomic E-state index is -0.308. The average Bonchev–Trinajstić information content (AvgIpc) is 3.07. The molecule has 27 heavy (non-hydrogen) atoms. The summed E-state index contributed by atoms with van der Waals surface area (Å²) in [5, 5.41) is 0. The molecule has 1 fully saturated rings. The molecular weight excluding hydrogens is 338 g/mol. The minimum Gasteiger partial charge on any atom is -0.462 e. The Labute approximate surface area is 161 Å². The van der Waals surface area contributed by atoms with E-state index < -0.39 is 0 Å². The first-order valence-corrected chi connectivity index (χ1v) is 9.54. The van der Waals surface area contributed by atoms with Gasteiger partial charge in [-0.15, -0.1) is 0 Å². The van der Waals surface area contributed by atoms with E-state index in [4.69, 9.17) is 4.74 Å². The Morgan fingerprint density at radius 2 is 1.85 bits per heavy atom. The molecule has 1 heterocycles. The third-order valence-corrected chi connectivity index (χ3v) is 5.36. The number of rotatable bonds is 6. The van der Waals surface area contributed by atoms with Gasteiger partial charge < -0.3 is 4.74 Å². The van der Waals surface area contributed by atoms with Crippen LogP contribution >= 0.6 is 0 Å². The summed E-state index contributed by atoms with van der Waals surface area (Å²) >= 11 is 0. The highest BCUT2D eigenvalue weighted by atomic mass is 16.5. The monoisotopic (exact) mass is 365 g/mol. The summed E-state index contributed by atoms with van der Waals surface area (Å²) < 4.78 is 5.14. The molecule has 2 aromatic rings. The van der Waals surface area contributed by atoms with Crippen molar-refractivity contribution in [1.29, 1.82) is 0 Å². The Morgan fingerprint density at radius 3 is 2.52 bits per heavy atom. The summed E-state index contributed by atoms with van der Waals surface area (Å²) in [5.41, 5.74) is 4.00. The number of ketones is 1. The summed E-state index contributed by atoms with van der Waals surface area (Å²) in [6, 6.07) is 16.0. The molecule has 0 aliphatic carbocycles. The second kappa shape index (κ2) is 8.49. The molecule has 0 bridgehead atoms. The zero-order chi connectivity index (χ0) is 19.4. The number of benzene rings is 2. The van der Waals surface area contributed by atoms with E-state index in [1.165, 1.54) is 5.56 Å². The summed E-state index contributed by atoms with van der Waals surface area (Å²) in [7, 11) is 0. The predicted octanol–water partition coefficient (Wildman–Crippen LogP) is 3.98. The molecule has 2 aromatic carbocycles. The Bertz CT molecular complexity index is 816. The fourth-order valence-corrected chi connectivity index (χ4v) is 3.96. The number of likely N-dealkylation sites (tertiary alicyclic amines) is 1. The van der Waals surface area contributed by atoms with Crippen LogP contribution in [0, 0.1) is 12.8 Å². The number of ether oxygens (including phenoxy) is 1. The first-order valence-electron chi connectivity index (χ1n) is 9.54. The molecule has 4 nitrogen and oxygen atoms in total. The zero-order valence-corrected chi connectivity index (χ0v) is 16.3. The van der Waals surface area contributed by atoms with Gasteiger partial charge in [0.1, 0.15) is 5.78 Å². The minimum absolute atomic E-state index is 0.0511. The highest BCUT2D eigenvalue weighted by Gasteiger charge is 2.37. The molecule has 2 atom stereocenters. The van der Waals surface area contributed by atoms with E-state index in [1.54, 1.807) is 19.9 Å². The number of esters is 1. The van der Waals surface area contributed by atoms with E-state index in [2.05, 4.69) is 17.0 Å². The molecule has 3 rings (SSSR count). The van der Waals surface area contributed by atoms with Crippen molar-refractivity contribution in [3.8, 4) is 0 Å². The molecule has 0 radical (unpaired) electrons. The van der Waals surface area contributed by atoms with E-state index in [0.717, 1.165) is 30.8 Å². The van der Waals surface area contributed by atoms with E-state index in [0.29, 0.717) is 12.2 Å². The topological polar surface area (TPSA) is 46.6 Å². The SMILES string of the molecule is CCOC(=O)c1ccc(C)c(C2CN(Cc3ccccc3)CC2C(C)=O)c1. The van der Waals surface area contributed by atoms with Gasteiger partial charge in [-0.3, -0.25) is 9.69 Å². The molecule has 1 aliphatic rings. The van der Waals surface area contributed by atoms with E-state index in [-0.39, 0.29) is 23.6 Å². The van der Waals surface area contributed by atoms with Gasteiger partial charge in [0.25, 0.3) is 0 Å². The molecule has 142 valence electrons. The Morgan fingerprint density at radius 1 is 1.11 bits per heavy atom. The van der Waals surface area contributed by atoms with Crippen LogP contribution in [0.1, 0.15) is 46.8 Å². The van der Waals surface area contributed by atoms with Crippen molar-refractivity contribution >= 4 is 11.8 Å². The van der Waals surface area contributed by atoms with Gasteiger partial charge in [-0.25, -0.2) is 4.79 Å². The van der Waals surface area contributed by atoms with Crippen LogP contribution in [0.5, 0.6) is 0 Å². The molecular formula is C23H27NO3. The Kier molecular flexibility index (Phi) is 6.07. The smallest absolute Gasteiger partial charge is 0.338 e.